The second-order valence-corrected chi connectivity index (χ2v) is 3.90. The average molecular weight is 215 g/mol. The molecule has 2 rings (SSSR count). The van der Waals surface area contributed by atoms with Gasteiger partial charge in [0.2, 0.25) is 0 Å². The lowest BCUT2D eigenvalue weighted by atomic mass is 10.2. The molecule has 2 heterocycles. The van der Waals surface area contributed by atoms with Gasteiger partial charge in [0.15, 0.2) is 0 Å². The first-order chi connectivity index (χ1) is 7.29. The zero-order valence-corrected chi connectivity index (χ0v) is 8.90. The Labute approximate surface area is 89.1 Å². The average Bonchev–Trinajstić information content (AvgIpc) is 2.51. The molecule has 3 unspecified atom stereocenters. The molecule has 0 aromatic heterocycles. The van der Waals surface area contributed by atoms with Gasteiger partial charge in [-0.3, -0.25) is 0 Å². The number of esters is 1. The van der Waals surface area contributed by atoms with Crippen molar-refractivity contribution in [1.29, 1.82) is 0 Å². The quantitative estimate of drug-likeness (QED) is 0.652. The molecule has 5 nitrogen and oxygen atoms in total. The monoisotopic (exact) mass is 215 g/mol. The molecule has 2 saturated heterocycles. The summed E-state index contributed by atoms with van der Waals surface area (Å²) in [6.07, 6.45) is 1.01. The van der Waals surface area contributed by atoms with Crippen LogP contribution in [0.15, 0.2) is 0 Å². The minimum Gasteiger partial charge on any atom is -0.464 e. The largest absolute Gasteiger partial charge is 0.464 e. The minimum absolute atomic E-state index is 0.0450. The smallest absolute Gasteiger partial charge is 0.332 e. The molecule has 0 saturated carbocycles. The maximum atomic E-state index is 11.1. The molecule has 0 aromatic rings. The minimum atomic E-state index is -0.292. The van der Waals surface area contributed by atoms with E-state index in [1.54, 1.807) is 6.92 Å². The van der Waals surface area contributed by atoms with Crippen molar-refractivity contribution < 1.29 is 19.0 Å². The SMILES string of the molecule is CCOC(=O)COC1CC2COCC1N2. The highest BCUT2D eigenvalue weighted by atomic mass is 16.6. The van der Waals surface area contributed by atoms with E-state index in [0.717, 1.165) is 13.0 Å². The van der Waals surface area contributed by atoms with Gasteiger partial charge in [0.1, 0.15) is 6.61 Å². The number of ether oxygens (including phenoxy) is 3. The summed E-state index contributed by atoms with van der Waals surface area (Å²) in [6, 6.07) is 0.620. The fraction of sp³-hybridized carbons (Fsp3) is 0.900. The lowest BCUT2D eigenvalue weighted by Gasteiger charge is -2.22. The first-order valence-electron chi connectivity index (χ1n) is 5.40. The predicted octanol–water partition coefficient (Wildman–Crippen LogP) is -0.305. The van der Waals surface area contributed by atoms with E-state index < -0.39 is 0 Å². The molecule has 0 radical (unpaired) electrons. The highest BCUT2D eigenvalue weighted by Gasteiger charge is 2.38. The molecule has 2 aliphatic heterocycles. The topological polar surface area (TPSA) is 56.8 Å². The second-order valence-electron chi connectivity index (χ2n) is 3.90. The summed E-state index contributed by atoms with van der Waals surface area (Å²) in [5, 5.41) is 3.39. The normalized spacial score (nSPS) is 34.1. The maximum absolute atomic E-state index is 11.1. The van der Waals surface area contributed by atoms with Crippen LogP contribution in [0.4, 0.5) is 0 Å². The van der Waals surface area contributed by atoms with Crippen molar-refractivity contribution in [3.8, 4) is 0 Å². The number of carbonyl (C=O) groups excluding carboxylic acids is 1. The third kappa shape index (κ3) is 2.68. The van der Waals surface area contributed by atoms with Gasteiger partial charge in [-0.05, 0) is 13.3 Å². The number of rotatable bonds is 4. The zero-order chi connectivity index (χ0) is 10.7. The van der Waals surface area contributed by atoms with Crippen molar-refractivity contribution in [2.45, 2.75) is 31.5 Å². The van der Waals surface area contributed by atoms with E-state index in [1.807, 2.05) is 0 Å². The first kappa shape index (κ1) is 10.9. The molecular formula is C10H17NO4. The summed E-state index contributed by atoms with van der Waals surface area (Å²) in [5.41, 5.74) is 0. The number of hydrogen-bond donors (Lipinski definition) is 1. The molecule has 0 aliphatic carbocycles. The number of carbonyl (C=O) groups is 1. The van der Waals surface area contributed by atoms with Crippen LogP contribution in [0.3, 0.4) is 0 Å². The second kappa shape index (κ2) is 4.92. The molecule has 15 heavy (non-hydrogen) atoms. The van der Waals surface area contributed by atoms with Gasteiger partial charge in [-0.2, -0.15) is 0 Å². The predicted molar refractivity (Wildman–Crippen MR) is 52.5 cm³/mol. The Balaban J connectivity index is 1.73. The van der Waals surface area contributed by atoms with Crippen molar-refractivity contribution >= 4 is 5.97 Å². The van der Waals surface area contributed by atoms with Gasteiger partial charge < -0.3 is 19.5 Å². The van der Waals surface area contributed by atoms with Crippen molar-refractivity contribution in [3.05, 3.63) is 0 Å². The summed E-state index contributed by atoms with van der Waals surface area (Å²) < 4.78 is 15.7. The number of hydrogen-bond acceptors (Lipinski definition) is 5. The van der Waals surface area contributed by atoms with Crippen LogP contribution < -0.4 is 5.32 Å². The van der Waals surface area contributed by atoms with Gasteiger partial charge in [-0.25, -0.2) is 4.79 Å². The fourth-order valence-electron chi connectivity index (χ4n) is 2.09. The van der Waals surface area contributed by atoms with E-state index >= 15 is 0 Å². The summed E-state index contributed by atoms with van der Waals surface area (Å²) >= 11 is 0. The number of fused-ring (bicyclic) bond motifs is 2. The molecule has 0 amide bonds. The summed E-state index contributed by atoms with van der Waals surface area (Å²) in [5.74, 6) is -0.292. The molecule has 5 heteroatoms. The Hall–Kier alpha value is -0.650. The summed E-state index contributed by atoms with van der Waals surface area (Å²) in [7, 11) is 0. The van der Waals surface area contributed by atoms with Crippen LogP contribution in [0.5, 0.6) is 0 Å². The summed E-state index contributed by atoms with van der Waals surface area (Å²) in [6.45, 7) is 3.65. The van der Waals surface area contributed by atoms with E-state index in [-0.39, 0.29) is 24.7 Å². The van der Waals surface area contributed by atoms with Crippen molar-refractivity contribution in [1.82, 2.24) is 5.32 Å². The molecule has 3 atom stereocenters. The fourth-order valence-corrected chi connectivity index (χ4v) is 2.09. The van der Waals surface area contributed by atoms with E-state index in [9.17, 15) is 4.79 Å². The molecule has 2 bridgehead atoms. The third-order valence-corrected chi connectivity index (χ3v) is 2.75. The van der Waals surface area contributed by atoms with Crippen LogP contribution in [0, 0.1) is 0 Å². The van der Waals surface area contributed by atoms with E-state index in [2.05, 4.69) is 5.32 Å². The van der Waals surface area contributed by atoms with E-state index in [4.69, 9.17) is 14.2 Å². The van der Waals surface area contributed by atoms with Crippen LogP contribution in [0.1, 0.15) is 13.3 Å². The van der Waals surface area contributed by atoms with Crippen LogP contribution in [-0.4, -0.2) is 50.6 Å². The first-order valence-corrected chi connectivity index (χ1v) is 5.40. The lowest BCUT2D eigenvalue weighted by molar-refractivity contribution is -0.150. The Bertz CT molecular complexity index is 233. The Morgan fingerprint density at radius 1 is 1.53 bits per heavy atom. The Morgan fingerprint density at radius 2 is 2.40 bits per heavy atom. The van der Waals surface area contributed by atoms with Crippen LogP contribution in [-0.2, 0) is 19.0 Å². The van der Waals surface area contributed by atoms with Crippen molar-refractivity contribution in [2.24, 2.45) is 0 Å². The van der Waals surface area contributed by atoms with Crippen LogP contribution in [0.2, 0.25) is 0 Å². The van der Waals surface area contributed by atoms with Crippen LogP contribution >= 0.6 is 0 Å². The number of morpholine rings is 1. The van der Waals surface area contributed by atoms with Gasteiger partial charge in [-0.1, -0.05) is 0 Å². The maximum Gasteiger partial charge on any atom is 0.332 e. The Morgan fingerprint density at radius 3 is 3.13 bits per heavy atom. The zero-order valence-electron chi connectivity index (χ0n) is 8.90. The molecule has 0 aromatic carbocycles. The van der Waals surface area contributed by atoms with Gasteiger partial charge in [0, 0.05) is 6.04 Å². The lowest BCUT2D eigenvalue weighted by Crippen LogP contribution is -2.44. The molecule has 0 spiro atoms. The van der Waals surface area contributed by atoms with E-state index in [0.29, 0.717) is 19.3 Å². The van der Waals surface area contributed by atoms with Crippen molar-refractivity contribution in [2.75, 3.05) is 26.4 Å². The molecule has 2 aliphatic rings. The standard InChI is InChI=1S/C10H17NO4/c1-2-14-10(12)6-15-9-3-7-4-13-5-8(9)11-7/h7-9,11H,2-6H2,1H3. The van der Waals surface area contributed by atoms with Crippen molar-refractivity contribution in [3.63, 3.8) is 0 Å². The van der Waals surface area contributed by atoms with Gasteiger partial charge >= 0.3 is 5.97 Å². The highest BCUT2D eigenvalue weighted by molar-refractivity contribution is 5.70. The molecular weight excluding hydrogens is 198 g/mol. The highest BCUT2D eigenvalue weighted by Crippen LogP contribution is 2.21. The van der Waals surface area contributed by atoms with Gasteiger partial charge in [-0.15, -0.1) is 0 Å². The van der Waals surface area contributed by atoms with Gasteiger partial charge in [0.05, 0.1) is 32.0 Å². The van der Waals surface area contributed by atoms with Crippen LogP contribution in [0.25, 0.3) is 0 Å². The number of nitrogens with one attached hydrogen (secondary N) is 1. The Kier molecular flexibility index (Phi) is 3.56. The summed E-state index contributed by atoms with van der Waals surface area (Å²) in [4.78, 5) is 11.1. The molecule has 1 N–H and O–H groups in total. The molecule has 2 fully saturated rings. The van der Waals surface area contributed by atoms with E-state index in [1.165, 1.54) is 0 Å². The van der Waals surface area contributed by atoms with Gasteiger partial charge in [0.25, 0.3) is 0 Å². The molecule has 86 valence electrons. The third-order valence-electron chi connectivity index (χ3n) is 2.75.